The number of rotatable bonds is 6. The number of non-ortho nitro benzene ring substituents is 1. The van der Waals surface area contributed by atoms with Gasteiger partial charge in [-0.25, -0.2) is 4.79 Å². The van der Waals surface area contributed by atoms with E-state index in [9.17, 15) is 19.7 Å². The summed E-state index contributed by atoms with van der Waals surface area (Å²) in [6.45, 7) is 8.86. The van der Waals surface area contributed by atoms with Gasteiger partial charge in [-0.15, -0.1) is 0 Å². The molecule has 1 aromatic carbocycles. The highest BCUT2D eigenvalue weighted by Gasteiger charge is 2.42. The number of benzene rings is 1. The maximum Gasteiger partial charge on any atom is 0.329 e. The van der Waals surface area contributed by atoms with Crippen molar-refractivity contribution in [1.82, 2.24) is 0 Å². The lowest BCUT2D eigenvalue weighted by Crippen LogP contribution is -2.54. The number of esters is 1. The molecule has 1 aliphatic heterocycles. The number of carbonyl (C=O) groups excluding carboxylic acids is 2. The van der Waals surface area contributed by atoms with Gasteiger partial charge in [0, 0.05) is 12.1 Å². The van der Waals surface area contributed by atoms with E-state index in [2.05, 4.69) is 0 Å². The van der Waals surface area contributed by atoms with Crippen molar-refractivity contribution < 1.29 is 24.0 Å². The average molecular weight is 364 g/mol. The quantitative estimate of drug-likeness (QED) is 0.437. The molecule has 0 saturated heterocycles. The Bertz CT molecular complexity index is 718. The number of nitrogens with zero attached hydrogens (tertiary/aromatic N) is 2. The number of nitro groups is 1. The maximum absolute atomic E-state index is 12.9. The SMILES string of the molecule is CCC(C)OC(=O)C(C)N1C(=O)C(C(C)C)Oc2ccc([N+](=O)[O-])cc21. The first-order valence-electron chi connectivity index (χ1n) is 8.66. The monoisotopic (exact) mass is 364 g/mol. The standard InChI is InChI=1S/C18H24N2O6/c1-6-11(4)25-18(22)12(5)19-14-9-13(20(23)24)7-8-15(14)26-16(10(2)3)17(19)21/h7-12,16H,6H2,1-5H3. The summed E-state index contributed by atoms with van der Waals surface area (Å²) >= 11 is 0. The number of fused-ring (bicyclic) bond motifs is 1. The molecule has 0 saturated carbocycles. The number of hydrogen-bond acceptors (Lipinski definition) is 6. The second-order valence-electron chi connectivity index (χ2n) is 6.73. The highest BCUT2D eigenvalue weighted by atomic mass is 16.6. The van der Waals surface area contributed by atoms with Gasteiger partial charge in [0.2, 0.25) is 0 Å². The van der Waals surface area contributed by atoms with Crippen molar-refractivity contribution in [1.29, 1.82) is 0 Å². The molecule has 0 spiro atoms. The summed E-state index contributed by atoms with van der Waals surface area (Å²) in [6, 6.07) is 3.08. The van der Waals surface area contributed by atoms with Crippen LogP contribution in [-0.2, 0) is 14.3 Å². The summed E-state index contributed by atoms with van der Waals surface area (Å²) in [5, 5.41) is 11.1. The molecule has 0 aromatic heterocycles. The summed E-state index contributed by atoms with van der Waals surface area (Å²) < 4.78 is 11.1. The molecule has 0 fully saturated rings. The van der Waals surface area contributed by atoms with E-state index in [4.69, 9.17) is 9.47 Å². The van der Waals surface area contributed by atoms with Crippen molar-refractivity contribution in [2.75, 3.05) is 4.90 Å². The average Bonchev–Trinajstić information content (AvgIpc) is 2.59. The number of amides is 1. The molecule has 0 aliphatic carbocycles. The van der Waals surface area contributed by atoms with E-state index < -0.39 is 28.9 Å². The van der Waals surface area contributed by atoms with Crippen LogP contribution in [-0.4, -0.2) is 35.0 Å². The fourth-order valence-electron chi connectivity index (χ4n) is 2.66. The third-order valence-corrected chi connectivity index (χ3v) is 4.37. The Labute approximate surface area is 152 Å². The van der Waals surface area contributed by atoms with Gasteiger partial charge >= 0.3 is 5.97 Å². The predicted octanol–water partition coefficient (Wildman–Crippen LogP) is 3.08. The molecule has 8 heteroatoms. The molecule has 1 aromatic rings. The van der Waals surface area contributed by atoms with Crippen LogP contribution in [0.2, 0.25) is 0 Å². The molecule has 1 amide bonds. The predicted molar refractivity (Wildman–Crippen MR) is 95.1 cm³/mol. The second-order valence-corrected chi connectivity index (χ2v) is 6.73. The number of carbonyl (C=O) groups is 2. The Kier molecular flexibility index (Phi) is 5.84. The van der Waals surface area contributed by atoms with Gasteiger partial charge in [0.05, 0.1) is 16.7 Å². The van der Waals surface area contributed by atoms with Gasteiger partial charge in [-0.05, 0) is 32.3 Å². The first-order valence-corrected chi connectivity index (χ1v) is 8.66. The summed E-state index contributed by atoms with van der Waals surface area (Å²) in [5.41, 5.74) is 0.0188. The smallest absolute Gasteiger partial charge is 0.329 e. The molecule has 0 N–H and O–H groups in total. The van der Waals surface area contributed by atoms with Gasteiger partial charge in [0.15, 0.2) is 6.10 Å². The highest BCUT2D eigenvalue weighted by molar-refractivity contribution is 6.04. The molecule has 2 rings (SSSR count). The van der Waals surface area contributed by atoms with Crippen LogP contribution in [0, 0.1) is 16.0 Å². The number of nitro benzene ring substituents is 1. The van der Waals surface area contributed by atoms with Crippen LogP contribution < -0.4 is 9.64 Å². The molecule has 26 heavy (non-hydrogen) atoms. The number of anilines is 1. The largest absolute Gasteiger partial charge is 0.478 e. The number of hydrogen-bond donors (Lipinski definition) is 0. The molecule has 3 atom stereocenters. The molecular formula is C18H24N2O6. The minimum Gasteiger partial charge on any atom is -0.478 e. The van der Waals surface area contributed by atoms with Gasteiger partial charge in [-0.1, -0.05) is 20.8 Å². The molecule has 142 valence electrons. The van der Waals surface area contributed by atoms with E-state index in [1.165, 1.54) is 23.1 Å². The van der Waals surface area contributed by atoms with Crippen molar-refractivity contribution in [2.45, 2.75) is 59.3 Å². The molecule has 3 unspecified atom stereocenters. The first kappa shape index (κ1) is 19.7. The van der Waals surface area contributed by atoms with Gasteiger partial charge in [0.25, 0.3) is 11.6 Å². The zero-order valence-corrected chi connectivity index (χ0v) is 15.6. The lowest BCUT2D eigenvalue weighted by atomic mass is 10.0. The number of ether oxygens (including phenoxy) is 2. The van der Waals surface area contributed by atoms with Crippen LogP contribution in [0.25, 0.3) is 0 Å². The van der Waals surface area contributed by atoms with Crippen molar-refractivity contribution >= 4 is 23.3 Å². The van der Waals surface area contributed by atoms with E-state index in [0.29, 0.717) is 12.2 Å². The van der Waals surface area contributed by atoms with Crippen LogP contribution >= 0.6 is 0 Å². The van der Waals surface area contributed by atoms with Crippen molar-refractivity contribution in [3.63, 3.8) is 0 Å². The van der Waals surface area contributed by atoms with Crippen LogP contribution in [0.5, 0.6) is 5.75 Å². The molecule has 1 heterocycles. The lowest BCUT2D eigenvalue weighted by Gasteiger charge is -2.38. The normalized spacial score (nSPS) is 18.8. The molecule has 0 bridgehead atoms. The first-order chi connectivity index (χ1) is 12.2. The Balaban J connectivity index is 2.47. The summed E-state index contributed by atoms with van der Waals surface area (Å²) in [6.07, 6.45) is -0.416. The van der Waals surface area contributed by atoms with E-state index in [0.717, 1.165) is 0 Å². The van der Waals surface area contributed by atoms with Crippen LogP contribution in [0.15, 0.2) is 18.2 Å². The fourth-order valence-corrected chi connectivity index (χ4v) is 2.66. The van der Waals surface area contributed by atoms with Gasteiger partial charge in [0.1, 0.15) is 11.8 Å². The topological polar surface area (TPSA) is 99.0 Å². The maximum atomic E-state index is 12.9. The molecule has 0 radical (unpaired) electrons. The molecule has 8 nitrogen and oxygen atoms in total. The van der Waals surface area contributed by atoms with Crippen LogP contribution in [0.4, 0.5) is 11.4 Å². The Hall–Kier alpha value is -2.64. The van der Waals surface area contributed by atoms with E-state index in [1.807, 2.05) is 20.8 Å². The van der Waals surface area contributed by atoms with Gasteiger partial charge in [-0.3, -0.25) is 19.8 Å². The Morgan fingerprint density at radius 2 is 2.00 bits per heavy atom. The summed E-state index contributed by atoms with van der Waals surface area (Å²) in [5.74, 6) is -0.778. The minimum atomic E-state index is -0.928. The van der Waals surface area contributed by atoms with E-state index in [1.54, 1.807) is 13.8 Å². The minimum absolute atomic E-state index is 0.133. The Morgan fingerprint density at radius 1 is 1.35 bits per heavy atom. The second kappa shape index (κ2) is 7.72. The van der Waals surface area contributed by atoms with Crippen LogP contribution in [0.1, 0.15) is 41.0 Å². The highest BCUT2D eigenvalue weighted by Crippen LogP contribution is 2.39. The van der Waals surface area contributed by atoms with Crippen molar-refractivity contribution in [2.24, 2.45) is 5.92 Å². The zero-order valence-electron chi connectivity index (χ0n) is 15.6. The molecular weight excluding hydrogens is 340 g/mol. The summed E-state index contributed by atoms with van der Waals surface area (Å²) in [7, 11) is 0. The zero-order chi connectivity index (χ0) is 19.6. The fraction of sp³-hybridized carbons (Fsp3) is 0.556. The van der Waals surface area contributed by atoms with Gasteiger partial charge in [-0.2, -0.15) is 0 Å². The van der Waals surface area contributed by atoms with Gasteiger partial charge < -0.3 is 9.47 Å². The van der Waals surface area contributed by atoms with Crippen LogP contribution in [0.3, 0.4) is 0 Å². The van der Waals surface area contributed by atoms with E-state index in [-0.39, 0.29) is 23.4 Å². The third kappa shape index (κ3) is 3.79. The lowest BCUT2D eigenvalue weighted by molar-refractivity contribution is -0.384. The van der Waals surface area contributed by atoms with Crippen molar-refractivity contribution in [3.8, 4) is 5.75 Å². The van der Waals surface area contributed by atoms with E-state index >= 15 is 0 Å². The van der Waals surface area contributed by atoms with Crippen molar-refractivity contribution in [3.05, 3.63) is 28.3 Å². The Morgan fingerprint density at radius 3 is 2.54 bits per heavy atom. The summed E-state index contributed by atoms with van der Waals surface area (Å²) in [4.78, 5) is 37.2. The molecule has 1 aliphatic rings. The third-order valence-electron chi connectivity index (χ3n) is 4.37.